The Morgan fingerprint density at radius 1 is 1.29 bits per heavy atom. The second-order valence-electron chi connectivity index (χ2n) is 2.81. The van der Waals surface area contributed by atoms with Crippen LogP contribution in [0.25, 0.3) is 0 Å². The van der Waals surface area contributed by atoms with E-state index in [4.69, 9.17) is 5.11 Å². The molecular weight excluding hydrogens is 182 g/mol. The van der Waals surface area contributed by atoms with E-state index in [1.165, 1.54) is 0 Å². The van der Waals surface area contributed by atoms with E-state index in [1.807, 2.05) is 19.1 Å². The predicted molar refractivity (Wildman–Crippen MR) is 52.1 cm³/mol. The third-order valence-electron chi connectivity index (χ3n) is 1.81. The van der Waals surface area contributed by atoms with Gasteiger partial charge in [-0.2, -0.15) is 0 Å². The van der Waals surface area contributed by atoms with Crippen LogP contribution in [0.2, 0.25) is 0 Å². The number of carboxylic acid groups (broad SMARTS) is 1. The summed E-state index contributed by atoms with van der Waals surface area (Å²) in [7, 11) is 0. The molecule has 4 nitrogen and oxygen atoms in total. The summed E-state index contributed by atoms with van der Waals surface area (Å²) in [5.41, 5.74) is 1.63. The van der Waals surface area contributed by atoms with Crippen LogP contribution >= 0.6 is 0 Å². The number of anilines is 1. The Balaban J connectivity index is 2.69. The van der Waals surface area contributed by atoms with Gasteiger partial charge < -0.3 is 10.4 Å². The number of aliphatic carboxylic acids is 1. The maximum atomic E-state index is 10.8. The number of benzene rings is 1. The molecule has 0 unspecified atom stereocenters. The lowest BCUT2D eigenvalue weighted by Crippen LogP contribution is -2.21. The molecule has 0 saturated carbocycles. The zero-order chi connectivity index (χ0) is 10.6. The van der Waals surface area contributed by atoms with Crippen molar-refractivity contribution in [2.75, 3.05) is 5.32 Å². The molecule has 0 bridgehead atoms. The van der Waals surface area contributed by atoms with Crippen LogP contribution in [-0.4, -0.2) is 17.0 Å². The minimum Gasteiger partial charge on any atom is -0.474 e. The molecule has 1 rings (SSSR count). The Kier molecular flexibility index (Phi) is 3.23. The summed E-state index contributed by atoms with van der Waals surface area (Å²) in [5, 5.41) is 10.6. The molecule has 4 heteroatoms. The standard InChI is InChI=1S/C10H11NO3/c1-2-7-3-5-8(6-4-7)11-9(12)10(13)14/h3-6H,2H2,1H3,(H,11,12)(H,13,14). The lowest BCUT2D eigenvalue weighted by atomic mass is 10.1. The van der Waals surface area contributed by atoms with Crippen LogP contribution in [-0.2, 0) is 16.0 Å². The first-order valence-electron chi connectivity index (χ1n) is 4.26. The average molecular weight is 193 g/mol. The SMILES string of the molecule is CCc1ccc(NC(=O)C(=O)O)cc1. The Hall–Kier alpha value is -1.84. The average Bonchev–Trinajstić information content (AvgIpc) is 2.19. The lowest BCUT2D eigenvalue weighted by Gasteiger charge is -2.02. The van der Waals surface area contributed by atoms with Crippen molar-refractivity contribution in [2.45, 2.75) is 13.3 Å². The highest BCUT2D eigenvalue weighted by Crippen LogP contribution is 2.09. The van der Waals surface area contributed by atoms with Crippen molar-refractivity contribution >= 4 is 17.6 Å². The highest BCUT2D eigenvalue weighted by molar-refractivity contribution is 6.36. The highest BCUT2D eigenvalue weighted by Gasteiger charge is 2.10. The van der Waals surface area contributed by atoms with E-state index in [2.05, 4.69) is 5.32 Å². The normalized spacial score (nSPS) is 9.50. The molecule has 0 atom stereocenters. The van der Waals surface area contributed by atoms with E-state index in [9.17, 15) is 9.59 Å². The van der Waals surface area contributed by atoms with Crippen LogP contribution in [0, 0.1) is 0 Å². The number of rotatable bonds is 2. The fourth-order valence-corrected chi connectivity index (χ4v) is 1.01. The molecule has 1 aromatic rings. The highest BCUT2D eigenvalue weighted by atomic mass is 16.4. The maximum absolute atomic E-state index is 10.8. The van der Waals surface area contributed by atoms with Gasteiger partial charge in [0.15, 0.2) is 0 Å². The fraction of sp³-hybridized carbons (Fsp3) is 0.200. The summed E-state index contributed by atoms with van der Waals surface area (Å²) < 4.78 is 0. The fourth-order valence-electron chi connectivity index (χ4n) is 1.01. The first kappa shape index (κ1) is 10.2. The van der Waals surface area contributed by atoms with Crippen LogP contribution in [0.1, 0.15) is 12.5 Å². The van der Waals surface area contributed by atoms with Gasteiger partial charge in [-0.25, -0.2) is 4.79 Å². The molecule has 0 aliphatic heterocycles. The van der Waals surface area contributed by atoms with Gasteiger partial charge in [-0.1, -0.05) is 19.1 Å². The van der Waals surface area contributed by atoms with Crippen LogP contribution in [0.15, 0.2) is 24.3 Å². The van der Waals surface area contributed by atoms with Gasteiger partial charge in [-0.05, 0) is 24.1 Å². The number of amides is 1. The van der Waals surface area contributed by atoms with E-state index in [1.54, 1.807) is 12.1 Å². The molecular formula is C10H11NO3. The third-order valence-corrected chi connectivity index (χ3v) is 1.81. The Morgan fingerprint density at radius 2 is 1.86 bits per heavy atom. The zero-order valence-electron chi connectivity index (χ0n) is 7.78. The van der Waals surface area contributed by atoms with Gasteiger partial charge in [0.1, 0.15) is 0 Å². The number of aryl methyl sites for hydroxylation is 1. The topological polar surface area (TPSA) is 66.4 Å². The third kappa shape index (κ3) is 2.58. The summed E-state index contributed by atoms with van der Waals surface area (Å²) in [5.74, 6) is -2.50. The number of carboxylic acids is 1. The van der Waals surface area contributed by atoms with Gasteiger partial charge in [-0.15, -0.1) is 0 Å². The Morgan fingerprint density at radius 3 is 2.29 bits per heavy atom. The smallest absolute Gasteiger partial charge is 0.394 e. The molecule has 0 aromatic heterocycles. The van der Waals surface area contributed by atoms with Gasteiger partial charge in [0.05, 0.1) is 0 Å². The molecule has 0 radical (unpaired) electrons. The van der Waals surface area contributed by atoms with Crippen LogP contribution < -0.4 is 5.32 Å². The van der Waals surface area contributed by atoms with E-state index in [-0.39, 0.29) is 0 Å². The molecule has 74 valence electrons. The predicted octanol–water partition coefficient (Wildman–Crippen LogP) is 1.27. The minimum absolute atomic E-state index is 0.495. The van der Waals surface area contributed by atoms with Gasteiger partial charge in [0, 0.05) is 5.69 Å². The monoisotopic (exact) mass is 193 g/mol. The van der Waals surface area contributed by atoms with Crippen molar-refractivity contribution in [1.82, 2.24) is 0 Å². The van der Waals surface area contributed by atoms with Crippen molar-refractivity contribution in [3.63, 3.8) is 0 Å². The number of carbonyl (C=O) groups excluding carboxylic acids is 1. The van der Waals surface area contributed by atoms with Gasteiger partial charge >= 0.3 is 11.9 Å². The quantitative estimate of drug-likeness (QED) is 0.695. The maximum Gasteiger partial charge on any atom is 0.394 e. The Bertz CT molecular complexity index is 343. The van der Waals surface area contributed by atoms with Gasteiger partial charge in [-0.3, -0.25) is 4.79 Å². The summed E-state index contributed by atoms with van der Waals surface area (Å²) in [6, 6.07) is 7.05. The molecule has 2 N–H and O–H groups in total. The first-order chi connectivity index (χ1) is 6.63. The first-order valence-corrected chi connectivity index (χ1v) is 4.26. The van der Waals surface area contributed by atoms with Gasteiger partial charge in [0.2, 0.25) is 0 Å². The van der Waals surface area contributed by atoms with E-state index < -0.39 is 11.9 Å². The minimum atomic E-state index is -1.48. The molecule has 1 aromatic carbocycles. The second kappa shape index (κ2) is 4.41. The molecule has 14 heavy (non-hydrogen) atoms. The summed E-state index contributed by atoms with van der Waals surface area (Å²) in [4.78, 5) is 21.0. The molecule has 0 aliphatic carbocycles. The molecule has 0 fully saturated rings. The molecule has 1 amide bonds. The van der Waals surface area contributed by atoms with Crippen LogP contribution in [0.5, 0.6) is 0 Å². The van der Waals surface area contributed by atoms with Crippen LogP contribution in [0.3, 0.4) is 0 Å². The van der Waals surface area contributed by atoms with Crippen molar-refractivity contribution in [3.05, 3.63) is 29.8 Å². The summed E-state index contributed by atoms with van der Waals surface area (Å²) >= 11 is 0. The second-order valence-corrected chi connectivity index (χ2v) is 2.81. The number of hydrogen-bond acceptors (Lipinski definition) is 2. The van der Waals surface area contributed by atoms with Crippen LogP contribution in [0.4, 0.5) is 5.69 Å². The van der Waals surface area contributed by atoms with E-state index >= 15 is 0 Å². The largest absolute Gasteiger partial charge is 0.474 e. The lowest BCUT2D eigenvalue weighted by molar-refractivity contribution is -0.147. The molecule has 0 heterocycles. The van der Waals surface area contributed by atoms with E-state index in [0.29, 0.717) is 5.69 Å². The summed E-state index contributed by atoms with van der Waals surface area (Å²) in [6.07, 6.45) is 0.910. The number of carbonyl (C=O) groups is 2. The summed E-state index contributed by atoms with van der Waals surface area (Å²) in [6.45, 7) is 2.02. The van der Waals surface area contributed by atoms with Crippen molar-refractivity contribution in [2.24, 2.45) is 0 Å². The van der Waals surface area contributed by atoms with E-state index in [0.717, 1.165) is 12.0 Å². The Labute approximate surface area is 81.6 Å². The van der Waals surface area contributed by atoms with Crippen molar-refractivity contribution in [3.8, 4) is 0 Å². The van der Waals surface area contributed by atoms with Gasteiger partial charge in [0.25, 0.3) is 0 Å². The molecule has 0 spiro atoms. The van der Waals surface area contributed by atoms with Crippen molar-refractivity contribution < 1.29 is 14.7 Å². The zero-order valence-corrected chi connectivity index (χ0v) is 7.78. The number of hydrogen-bond donors (Lipinski definition) is 2. The van der Waals surface area contributed by atoms with Crippen molar-refractivity contribution in [1.29, 1.82) is 0 Å². The molecule has 0 aliphatic rings. The number of nitrogens with one attached hydrogen (secondary N) is 1. The molecule has 0 saturated heterocycles.